The molecule has 30 heavy (non-hydrogen) atoms. The number of hydrogen-bond acceptors (Lipinski definition) is 4. The SMILES string of the molecule is CN(C)C(=NCc1ccccn1)N(C)C.CN1CCN(C)C1=NCc1ccccn1. The minimum atomic E-state index is 0.618. The van der Waals surface area contributed by atoms with E-state index in [1.165, 1.54) is 0 Å². The van der Waals surface area contributed by atoms with E-state index >= 15 is 0 Å². The van der Waals surface area contributed by atoms with Crippen LogP contribution in [-0.4, -0.2) is 96.9 Å². The highest BCUT2D eigenvalue weighted by Gasteiger charge is 2.18. The van der Waals surface area contributed by atoms with Gasteiger partial charge >= 0.3 is 0 Å². The fraction of sp³-hybridized carbons (Fsp3) is 0.455. The van der Waals surface area contributed by atoms with Crippen LogP contribution in [0.3, 0.4) is 0 Å². The third kappa shape index (κ3) is 7.35. The van der Waals surface area contributed by atoms with Gasteiger partial charge in [0, 0.05) is 67.8 Å². The molecule has 1 fully saturated rings. The lowest BCUT2D eigenvalue weighted by Gasteiger charge is -2.22. The molecule has 0 atom stereocenters. The van der Waals surface area contributed by atoms with Gasteiger partial charge in [0.1, 0.15) is 0 Å². The van der Waals surface area contributed by atoms with Crippen molar-refractivity contribution in [2.24, 2.45) is 9.98 Å². The third-order valence-corrected chi connectivity index (χ3v) is 4.47. The van der Waals surface area contributed by atoms with Crippen molar-refractivity contribution < 1.29 is 0 Å². The van der Waals surface area contributed by atoms with Gasteiger partial charge in [0.15, 0.2) is 11.9 Å². The fourth-order valence-corrected chi connectivity index (χ4v) is 3.00. The van der Waals surface area contributed by atoms with Crippen LogP contribution in [0.15, 0.2) is 58.8 Å². The summed E-state index contributed by atoms with van der Waals surface area (Å²) in [7, 11) is 12.1. The van der Waals surface area contributed by atoms with Crippen molar-refractivity contribution in [1.82, 2.24) is 29.6 Å². The second kappa shape index (κ2) is 11.7. The summed E-state index contributed by atoms with van der Waals surface area (Å²) in [5.41, 5.74) is 2.00. The molecule has 0 spiro atoms. The van der Waals surface area contributed by atoms with Crippen molar-refractivity contribution in [2.45, 2.75) is 13.1 Å². The van der Waals surface area contributed by atoms with Crippen molar-refractivity contribution in [2.75, 3.05) is 55.4 Å². The lowest BCUT2D eigenvalue weighted by Crippen LogP contribution is -2.35. The molecule has 0 aliphatic carbocycles. The molecule has 8 heteroatoms. The molecule has 0 N–H and O–H groups in total. The number of nitrogens with zero attached hydrogens (tertiary/aromatic N) is 8. The predicted molar refractivity (Wildman–Crippen MR) is 123 cm³/mol. The number of hydrogen-bond donors (Lipinski definition) is 0. The highest BCUT2D eigenvalue weighted by Crippen LogP contribution is 2.05. The number of likely N-dealkylation sites (N-methyl/N-ethyl adjacent to an activating group) is 2. The first kappa shape index (κ1) is 23.1. The van der Waals surface area contributed by atoms with Crippen LogP contribution in [0.5, 0.6) is 0 Å². The topological polar surface area (TPSA) is 63.5 Å². The summed E-state index contributed by atoms with van der Waals surface area (Å²) in [6.45, 7) is 3.38. The van der Waals surface area contributed by atoms with Gasteiger partial charge in [-0.1, -0.05) is 12.1 Å². The zero-order valence-corrected chi connectivity index (χ0v) is 19.0. The Hall–Kier alpha value is -3.16. The molecule has 1 saturated heterocycles. The van der Waals surface area contributed by atoms with Crippen LogP contribution >= 0.6 is 0 Å². The molecule has 0 aromatic carbocycles. The average molecular weight is 411 g/mol. The predicted octanol–water partition coefficient (Wildman–Crippen LogP) is 1.88. The summed E-state index contributed by atoms with van der Waals surface area (Å²) in [5.74, 6) is 2.00. The summed E-state index contributed by atoms with van der Waals surface area (Å²) in [4.78, 5) is 25.8. The lowest BCUT2D eigenvalue weighted by atomic mass is 10.3. The van der Waals surface area contributed by atoms with E-state index in [1.54, 1.807) is 12.4 Å². The van der Waals surface area contributed by atoms with Crippen LogP contribution in [0.4, 0.5) is 0 Å². The maximum absolute atomic E-state index is 4.56. The van der Waals surface area contributed by atoms with Crippen molar-refractivity contribution >= 4 is 11.9 Å². The first-order chi connectivity index (χ1) is 14.4. The number of aliphatic imine (C=N–C) groups is 2. The Balaban J connectivity index is 0.000000214. The zero-order valence-electron chi connectivity index (χ0n) is 19.0. The van der Waals surface area contributed by atoms with Gasteiger partial charge in [-0.3, -0.25) is 9.97 Å². The minimum absolute atomic E-state index is 0.618. The van der Waals surface area contributed by atoms with Crippen LogP contribution in [-0.2, 0) is 13.1 Å². The Morgan fingerprint density at radius 1 is 0.833 bits per heavy atom. The van der Waals surface area contributed by atoms with Crippen LogP contribution < -0.4 is 0 Å². The summed E-state index contributed by atoms with van der Waals surface area (Å²) < 4.78 is 0. The van der Waals surface area contributed by atoms with E-state index in [0.29, 0.717) is 13.1 Å². The van der Waals surface area contributed by atoms with Gasteiger partial charge in [-0.25, -0.2) is 9.98 Å². The van der Waals surface area contributed by atoms with Crippen molar-refractivity contribution in [3.63, 3.8) is 0 Å². The summed E-state index contributed by atoms with van der Waals surface area (Å²) in [6, 6.07) is 11.8. The Bertz CT molecular complexity index is 735. The molecule has 1 aliphatic rings. The standard InChI is InChI=1S/C11H16N4.C11H18N4/c1-14-7-8-15(2)11(14)13-9-10-5-3-4-6-12-10;1-14(2)11(15(3)4)13-9-10-7-5-6-8-12-10/h3-6H,7-9H2,1-2H3;5-8H,9H2,1-4H3. The molecule has 2 aromatic heterocycles. The minimum Gasteiger partial charge on any atom is -0.349 e. The first-order valence-corrected chi connectivity index (χ1v) is 10.0. The molecule has 0 saturated carbocycles. The van der Waals surface area contributed by atoms with E-state index in [0.717, 1.165) is 36.4 Å². The fourth-order valence-electron chi connectivity index (χ4n) is 3.00. The molecule has 0 radical (unpaired) electrons. The molecular formula is C22H34N8. The van der Waals surface area contributed by atoms with Gasteiger partial charge in [-0.2, -0.15) is 0 Å². The second-order valence-corrected chi connectivity index (χ2v) is 7.51. The van der Waals surface area contributed by atoms with E-state index in [-0.39, 0.29) is 0 Å². The van der Waals surface area contributed by atoms with E-state index in [1.807, 2.05) is 74.4 Å². The molecule has 3 heterocycles. The first-order valence-electron chi connectivity index (χ1n) is 10.0. The van der Waals surface area contributed by atoms with Gasteiger partial charge in [0.2, 0.25) is 0 Å². The molecular weight excluding hydrogens is 376 g/mol. The summed E-state index contributed by atoms with van der Waals surface area (Å²) in [5, 5.41) is 0. The number of aromatic nitrogens is 2. The van der Waals surface area contributed by atoms with Crippen molar-refractivity contribution in [3.05, 3.63) is 60.2 Å². The van der Waals surface area contributed by atoms with Crippen molar-refractivity contribution in [3.8, 4) is 0 Å². The van der Waals surface area contributed by atoms with E-state index in [2.05, 4.69) is 43.8 Å². The molecule has 8 nitrogen and oxygen atoms in total. The second-order valence-electron chi connectivity index (χ2n) is 7.51. The molecule has 162 valence electrons. The Labute approximate surface area is 180 Å². The highest BCUT2D eigenvalue weighted by atomic mass is 15.4. The van der Waals surface area contributed by atoms with Gasteiger partial charge in [0.05, 0.1) is 24.5 Å². The molecule has 0 bridgehead atoms. The van der Waals surface area contributed by atoms with Gasteiger partial charge in [-0.15, -0.1) is 0 Å². The maximum atomic E-state index is 4.56. The molecule has 0 unspecified atom stereocenters. The van der Waals surface area contributed by atoms with Gasteiger partial charge < -0.3 is 19.6 Å². The van der Waals surface area contributed by atoms with Crippen LogP contribution in [0, 0.1) is 0 Å². The molecule has 3 rings (SSSR count). The highest BCUT2D eigenvalue weighted by molar-refractivity contribution is 5.81. The van der Waals surface area contributed by atoms with Crippen LogP contribution in [0.25, 0.3) is 0 Å². The van der Waals surface area contributed by atoms with E-state index in [4.69, 9.17) is 0 Å². The maximum Gasteiger partial charge on any atom is 0.196 e. The largest absolute Gasteiger partial charge is 0.349 e. The average Bonchev–Trinajstić information content (AvgIpc) is 3.05. The molecule has 2 aromatic rings. The van der Waals surface area contributed by atoms with E-state index < -0.39 is 0 Å². The summed E-state index contributed by atoms with van der Waals surface area (Å²) >= 11 is 0. The van der Waals surface area contributed by atoms with Gasteiger partial charge in [0.25, 0.3) is 0 Å². The van der Waals surface area contributed by atoms with Gasteiger partial charge in [-0.05, 0) is 24.3 Å². The Kier molecular flexibility index (Phi) is 9.05. The number of guanidine groups is 2. The number of rotatable bonds is 4. The van der Waals surface area contributed by atoms with E-state index in [9.17, 15) is 0 Å². The zero-order chi connectivity index (χ0) is 21.9. The Morgan fingerprint density at radius 2 is 1.33 bits per heavy atom. The Morgan fingerprint density at radius 3 is 1.77 bits per heavy atom. The lowest BCUT2D eigenvalue weighted by molar-refractivity contribution is 0.479. The third-order valence-electron chi connectivity index (χ3n) is 4.47. The molecule has 0 amide bonds. The monoisotopic (exact) mass is 410 g/mol. The smallest absolute Gasteiger partial charge is 0.196 e. The quantitative estimate of drug-likeness (QED) is 0.567. The van der Waals surface area contributed by atoms with Crippen molar-refractivity contribution in [1.29, 1.82) is 0 Å². The molecule has 1 aliphatic heterocycles. The summed E-state index contributed by atoms with van der Waals surface area (Å²) in [6.07, 6.45) is 3.59. The van der Waals surface area contributed by atoms with Crippen LogP contribution in [0.1, 0.15) is 11.4 Å². The normalized spacial score (nSPS) is 12.8. The number of pyridine rings is 2. The van der Waals surface area contributed by atoms with Crippen LogP contribution in [0.2, 0.25) is 0 Å².